The van der Waals surface area contributed by atoms with Gasteiger partial charge in [-0.1, -0.05) is 6.58 Å². The average molecular weight is 275 g/mol. The summed E-state index contributed by atoms with van der Waals surface area (Å²) in [5.41, 5.74) is 0.0551. The van der Waals surface area contributed by atoms with Crippen molar-refractivity contribution in [1.29, 1.82) is 5.26 Å². The summed E-state index contributed by atoms with van der Waals surface area (Å²) in [6.07, 6.45) is -8.47. The summed E-state index contributed by atoms with van der Waals surface area (Å²) < 4.78 is 10.1. The van der Waals surface area contributed by atoms with Crippen LogP contribution in [0.3, 0.4) is 0 Å². The topological polar surface area (TPSA) is 143 Å². The van der Waals surface area contributed by atoms with Crippen molar-refractivity contribution in [1.82, 2.24) is 0 Å². The Morgan fingerprint density at radius 1 is 1.26 bits per heavy atom. The van der Waals surface area contributed by atoms with Crippen molar-refractivity contribution in [2.45, 2.75) is 36.8 Å². The molecular weight excluding hydrogens is 258 g/mol. The van der Waals surface area contributed by atoms with Gasteiger partial charge in [0, 0.05) is 0 Å². The van der Waals surface area contributed by atoms with Crippen LogP contribution in [0.1, 0.15) is 0 Å². The highest BCUT2D eigenvalue weighted by Crippen LogP contribution is 2.23. The molecule has 0 spiro atoms. The van der Waals surface area contributed by atoms with E-state index in [1.807, 2.05) is 0 Å². The molecule has 1 rings (SSSR count). The molecule has 0 saturated carbocycles. The lowest BCUT2D eigenvalue weighted by Gasteiger charge is -2.40. The van der Waals surface area contributed by atoms with Crippen LogP contribution in [0.25, 0.3) is 0 Å². The standard InChI is InChI=1S/C11H17NO7/c1-5(3-13)6(2-12)18-11-10(17)9(16)8(15)7(4-14)19-11/h6-11,13-17H,1,3-4H2. The number of ether oxygens (including phenoxy) is 2. The van der Waals surface area contributed by atoms with Gasteiger partial charge in [-0.2, -0.15) is 5.26 Å². The molecule has 6 atom stereocenters. The van der Waals surface area contributed by atoms with Crippen LogP contribution in [0.15, 0.2) is 12.2 Å². The molecule has 1 saturated heterocycles. The van der Waals surface area contributed by atoms with Crippen LogP contribution >= 0.6 is 0 Å². The van der Waals surface area contributed by atoms with Gasteiger partial charge in [0.05, 0.1) is 19.3 Å². The fraction of sp³-hybridized carbons (Fsp3) is 0.727. The van der Waals surface area contributed by atoms with Gasteiger partial charge in [-0.15, -0.1) is 0 Å². The highest BCUT2D eigenvalue weighted by atomic mass is 16.7. The van der Waals surface area contributed by atoms with Crippen molar-refractivity contribution in [3.05, 3.63) is 12.2 Å². The van der Waals surface area contributed by atoms with E-state index in [-0.39, 0.29) is 5.57 Å². The van der Waals surface area contributed by atoms with Gasteiger partial charge in [0.25, 0.3) is 0 Å². The molecule has 0 radical (unpaired) electrons. The van der Waals surface area contributed by atoms with E-state index in [9.17, 15) is 15.3 Å². The van der Waals surface area contributed by atoms with Crippen LogP contribution in [-0.2, 0) is 9.47 Å². The smallest absolute Gasteiger partial charge is 0.188 e. The summed E-state index contributed by atoms with van der Waals surface area (Å²) in [6, 6.07) is 1.70. The summed E-state index contributed by atoms with van der Waals surface area (Å²) in [5, 5.41) is 55.4. The second-order valence-corrected chi connectivity index (χ2v) is 4.16. The Morgan fingerprint density at radius 3 is 2.37 bits per heavy atom. The first-order valence-corrected chi connectivity index (χ1v) is 5.60. The molecule has 19 heavy (non-hydrogen) atoms. The van der Waals surface area contributed by atoms with E-state index in [4.69, 9.17) is 24.9 Å². The molecule has 1 aliphatic heterocycles. The zero-order valence-corrected chi connectivity index (χ0v) is 10.1. The van der Waals surface area contributed by atoms with E-state index in [1.165, 1.54) is 0 Å². The minimum absolute atomic E-state index is 0.0551. The predicted molar refractivity (Wildman–Crippen MR) is 60.5 cm³/mol. The maximum atomic E-state index is 9.68. The number of aliphatic hydroxyl groups is 5. The zero-order valence-electron chi connectivity index (χ0n) is 10.1. The molecule has 1 fully saturated rings. The van der Waals surface area contributed by atoms with Gasteiger partial charge >= 0.3 is 0 Å². The number of nitriles is 1. The van der Waals surface area contributed by atoms with E-state index >= 15 is 0 Å². The second-order valence-electron chi connectivity index (χ2n) is 4.16. The molecule has 0 amide bonds. The Hall–Kier alpha value is -1.05. The highest BCUT2D eigenvalue weighted by molar-refractivity contribution is 5.13. The minimum Gasteiger partial charge on any atom is -0.394 e. The van der Waals surface area contributed by atoms with Crippen molar-refractivity contribution < 1.29 is 35.0 Å². The van der Waals surface area contributed by atoms with Gasteiger partial charge in [0.1, 0.15) is 24.4 Å². The first-order chi connectivity index (χ1) is 8.96. The summed E-state index contributed by atoms with van der Waals surface area (Å²) in [5.74, 6) is 0. The van der Waals surface area contributed by atoms with Crippen LogP contribution < -0.4 is 0 Å². The minimum atomic E-state index is -1.60. The lowest BCUT2D eigenvalue weighted by Crippen LogP contribution is -2.59. The molecular formula is C11H17NO7. The molecule has 1 heterocycles. The second kappa shape index (κ2) is 6.93. The normalized spacial score (nSPS) is 36.5. The number of nitrogens with zero attached hydrogens (tertiary/aromatic N) is 1. The van der Waals surface area contributed by atoms with Crippen molar-refractivity contribution >= 4 is 0 Å². The van der Waals surface area contributed by atoms with E-state index in [1.54, 1.807) is 6.07 Å². The third-order valence-corrected chi connectivity index (χ3v) is 2.81. The summed E-state index contributed by atoms with van der Waals surface area (Å²) in [7, 11) is 0. The Balaban J connectivity index is 2.76. The van der Waals surface area contributed by atoms with Gasteiger partial charge in [-0.05, 0) is 5.57 Å². The van der Waals surface area contributed by atoms with Crippen LogP contribution in [0.5, 0.6) is 0 Å². The molecule has 5 N–H and O–H groups in total. The predicted octanol–water partition coefficient (Wildman–Crippen LogP) is -2.76. The zero-order chi connectivity index (χ0) is 14.6. The van der Waals surface area contributed by atoms with Crippen LogP contribution in [0.4, 0.5) is 0 Å². The van der Waals surface area contributed by atoms with Crippen molar-refractivity contribution in [2.75, 3.05) is 13.2 Å². The largest absolute Gasteiger partial charge is 0.394 e. The van der Waals surface area contributed by atoms with Crippen LogP contribution in [0, 0.1) is 11.3 Å². The van der Waals surface area contributed by atoms with Gasteiger partial charge in [0.2, 0.25) is 0 Å². The van der Waals surface area contributed by atoms with Gasteiger partial charge < -0.3 is 35.0 Å². The lowest BCUT2D eigenvalue weighted by molar-refractivity contribution is -0.304. The quantitative estimate of drug-likeness (QED) is 0.340. The molecule has 8 nitrogen and oxygen atoms in total. The third-order valence-electron chi connectivity index (χ3n) is 2.81. The van der Waals surface area contributed by atoms with Gasteiger partial charge in [0.15, 0.2) is 12.4 Å². The Morgan fingerprint density at radius 2 is 1.89 bits per heavy atom. The molecule has 6 unspecified atom stereocenters. The van der Waals surface area contributed by atoms with E-state index in [0.29, 0.717) is 0 Å². The molecule has 0 aromatic rings. The number of rotatable bonds is 5. The van der Waals surface area contributed by atoms with Crippen molar-refractivity contribution in [3.63, 3.8) is 0 Å². The number of hydrogen-bond donors (Lipinski definition) is 5. The fourth-order valence-corrected chi connectivity index (χ4v) is 1.61. The van der Waals surface area contributed by atoms with E-state index in [0.717, 1.165) is 0 Å². The SMILES string of the molecule is C=C(CO)C(C#N)OC1OC(CO)C(O)C(O)C1O. The highest BCUT2D eigenvalue weighted by Gasteiger charge is 2.45. The maximum absolute atomic E-state index is 9.68. The lowest BCUT2D eigenvalue weighted by atomic mass is 9.99. The Bertz CT molecular complexity index is 353. The van der Waals surface area contributed by atoms with Crippen molar-refractivity contribution in [3.8, 4) is 6.07 Å². The monoisotopic (exact) mass is 275 g/mol. The number of aliphatic hydroxyl groups excluding tert-OH is 5. The number of hydrogen-bond acceptors (Lipinski definition) is 8. The van der Waals surface area contributed by atoms with Gasteiger partial charge in [-0.25, -0.2) is 0 Å². The molecule has 0 aromatic carbocycles. The maximum Gasteiger partial charge on any atom is 0.188 e. The van der Waals surface area contributed by atoms with Crippen LogP contribution in [-0.4, -0.2) is 75.6 Å². The molecule has 1 aliphatic rings. The summed E-state index contributed by atoms with van der Waals surface area (Å²) in [4.78, 5) is 0. The Labute approximate surface area is 109 Å². The molecule has 8 heteroatoms. The average Bonchev–Trinajstić information content (AvgIpc) is 2.43. The first kappa shape index (κ1) is 16.0. The molecule has 0 bridgehead atoms. The summed E-state index contributed by atoms with van der Waals surface area (Å²) >= 11 is 0. The van der Waals surface area contributed by atoms with E-state index in [2.05, 4.69) is 6.58 Å². The fourth-order valence-electron chi connectivity index (χ4n) is 1.61. The molecule has 108 valence electrons. The third kappa shape index (κ3) is 3.49. The molecule has 0 aromatic heterocycles. The Kier molecular flexibility index (Phi) is 5.84. The first-order valence-electron chi connectivity index (χ1n) is 5.60. The summed E-state index contributed by atoms with van der Waals surface area (Å²) in [6.45, 7) is 2.33. The molecule has 0 aliphatic carbocycles. The van der Waals surface area contributed by atoms with E-state index < -0.39 is 50.0 Å². The van der Waals surface area contributed by atoms with Crippen molar-refractivity contribution in [2.24, 2.45) is 0 Å². The van der Waals surface area contributed by atoms with Gasteiger partial charge in [-0.3, -0.25) is 0 Å². The van der Waals surface area contributed by atoms with Crippen LogP contribution in [0.2, 0.25) is 0 Å².